The van der Waals surface area contributed by atoms with Gasteiger partial charge in [-0.15, -0.1) is 0 Å². The monoisotopic (exact) mass is 1240 g/mol. The van der Waals surface area contributed by atoms with E-state index in [1.807, 2.05) is 0 Å². The maximum atomic E-state index is 13.0. The predicted octanol–water partition coefficient (Wildman–Crippen LogP) is 18.2. The first-order valence-electron chi connectivity index (χ1n) is 34.1. The molecule has 5 atom stereocenters. The predicted molar refractivity (Wildman–Crippen MR) is 335 cm³/mol. The molecule has 2 unspecified atom stereocenters. The van der Waals surface area contributed by atoms with Crippen LogP contribution in [-0.2, 0) is 65.4 Å². The van der Waals surface area contributed by atoms with Gasteiger partial charge in [-0.05, 0) is 31.6 Å². The summed E-state index contributed by atoms with van der Waals surface area (Å²) < 4.78 is 67.7. The topological polar surface area (TPSA) is 237 Å². The van der Waals surface area contributed by atoms with E-state index in [-0.39, 0.29) is 25.7 Å². The van der Waals surface area contributed by atoms with Gasteiger partial charge >= 0.3 is 39.5 Å². The lowest BCUT2D eigenvalue weighted by atomic mass is 10.0. The van der Waals surface area contributed by atoms with Crippen LogP contribution in [-0.4, -0.2) is 96.7 Å². The van der Waals surface area contributed by atoms with Gasteiger partial charge in [-0.1, -0.05) is 279 Å². The minimum absolute atomic E-state index is 0.103. The average Bonchev–Trinajstić information content (AvgIpc) is 3.49. The van der Waals surface area contributed by atoms with E-state index in [4.69, 9.17) is 37.0 Å². The van der Waals surface area contributed by atoms with E-state index >= 15 is 0 Å². The zero-order valence-electron chi connectivity index (χ0n) is 54.0. The highest BCUT2D eigenvalue weighted by atomic mass is 31.2. The van der Waals surface area contributed by atoms with Gasteiger partial charge in [-0.2, -0.15) is 0 Å². The van der Waals surface area contributed by atoms with Crippen LogP contribution >= 0.6 is 15.6 Å². The summed E-state index contributed by atoms with van der Waals surface area (Å²) in [5.41, 5.74) is 0. The van der Waals surface area contributed by atoms with Crippen molar-refractivity contribution in [1.82, 2.24) is 0 Å². The van der Waals surface area contributed by atoms with Crippen LogP contribution in [0.5, 0.6) is 0 Å². The second-order valence-electron chi connectivity index (χ2n) is 24.0. The zero-order valence-corrected chi connectivity index (χ0v) is 55.8. The first-order chi connectivity index (χ1) is 40.5. The van der Waals surface area contributed by atoms with Crippen LogP contribution in [0.4, 0.5) is 0 Å². The highest BCUT2D eigenvalue weighted by Gasteiger charge is 2.30. The Kier molecular flexibility index (Phi) is 57.4. The fraction of sp³-hybridized carbons (Fsp3) is 0.938. The van der Waals surface area contributed by atoms with E-state index in [1.54, 1.807) is 0 Å². The van der Waals surface area contributed by atoms with Crippen molar-refractivity contribution in [2.24, 2.45) is 5.92 Å². The number of hydrogen-bond donors (Lipinski definition) is 3. The average molecular weight is 1240 g/mol. The molecule has 0 spiro atoms. The van der Waals surface area contributed by atoms with E-state index in [0.717, 1.165) is 115 Å². The Morgan fingerprint density at radius 1 is 0.321 bits per heavy atom. The summed E-state index contributed by atoms with van der Waals surface area (Å²) in [5.74, 6) is -1.40. The maximum absolute atomic E-state index is 13.0. The fourth-order valence-corrected chi connectivity index (χ4v) is 11.3. The van der Waals surface area contributed by atoms with Crippen LogP contribution in [0.1, 0.15) is 330 Å². The van der Waals surface area contributed by atoms with E-state index in [2.05, 4.69) is 34.6 Å². The largest absolute Gasteiger partial charge is 0.472 e. The summed E-state index contributed by atoms with van der Waals surface area (Å²) in [6.07, 6.45) is 43.8. The van der Waals surface area contributed by atoms with E-state index in [9.17, 15) is 43.2 Å². The molecule has 0 bridgehead atoms. The number of unbranched alkanes of at least 4 members (excludes halogenated alkanes) is 37. The Morgan fingerprint density at radius 3 is 0.810 bits per heavy atom. The molecule has 0 fully saturated rings. The molecule has 3 N–H and O–H groups in total. The maximum Gasteiger partial charge on any atom is 0.472 e. The Bertz CT molecular complexity index is 1640. The van der Waals surface area contributed by atoms with Crippen molar-refractivity contribution in [3.8, 4) is 0 Å². The molecule has 0 heterocycles. The SMILES string of the molecule is CCCCCCCCCCCCCCCCCCCCCCC(=O)O[C@H](COC(=O)CCCCCCCCCCCC(C)C)COP(=O)(O)OC[C@@H](O)COP(=O)(O)OC[C@@H](COC(=O)CCCCCCC)OC(=O)CCCCCCCCC. The van der Waals surface area contributed by atoms with Crippen LogP contribution in [0.15, 0.2) is 0 Å². The molecule has 0 saturated heterocycles. The Balaban J connectivity index is 5.08. The van der Waals surface area contributed by atoms with Gasteiger partial charge in [0, 0.05) is 25.7 Å². The molecule has 0 radical (unpaired) electrons. The normalized spacial score (nSPS) is 14.2. The zero-order chi connectivity index (χ0) is 62.0. The molecule has 0 aromatic carbocycles. The number of aliphatic hydroxyl groups excluding tert-OH is 1. The van der Waals surface area contributed by atoms with Gasteiger partial charge in [0.2, 0.25) is 0 Å². The van der Waals surface area contributed by atoms with Crippen molar-refractivity contribution in [2.45, 2.75) is 348 Å². The van der Waals surface area contributed by atoms with Gasteiger partial charge in [0.15, 0.2) is 12.2 Å². The van der Waals surface area contributed by atoms with Gasteiger partial charge in [0.25, 0.3) is 0 Å². The summed E-state index contributed by atoms with van der Waals surface area (Å²) in [5, 5.41) is 10.5. The van der Waals surface area contributed by atoms with Gasteiger partial charge in [0.1, 0.15) is 19.3 Å². The Hall–Kier alpha value is -1.94. The first kappa shape index (κ1) is 82.1. The van der Waals surface area contributed by atoms with Gasteiger partial charge in [-0.25, -0.2) is 9.13 Å². The molecular weight excluding hydrogens is 1110 g/mol. The number of esters is 4. The van der Waals surface area contributed by atoms with Crippen LogP contribution in [0.2, 0.25) is 0 Å². The first-order valence-corrected chi connectivity index (χ1v) is 37.1. The third-order valence-corrected chi connectivity index (χ3v) is 16.9. The standard InChI is InChI=1S/C65H126O17P2/c1-6-9-12-15-17-18-19-20-21-22-23-24-25-26-27-28-31-36-41-46-51-65(70)82-61(55-76-63(68)49-44-39-35-32-29-30-34-38-42-47-58(4)5)57-80-84(73,74)78-53-59(66)52-77-83(71,72)79-56-60(54-75-62(67)48-43-37-14-11-8-3)81-64(69)50-45-40-33-16-13-10-7-2/h58-61,66H,6-57H2,1-5H3,(H,71,72)(H,73,74)/t59-,60+,61+/m0/s1. The molecule has 0 aromatic heterocycles. The number of aliphatic hydroxyl groups is 1. The molecule has 0 aliphatic carbocycles. The van der Waals surface area contributed by atoms with Crippen molar-refractivity contribution >= 4 is 39.5 Å². The third kappa shape index (κ3) is 59.0. The molecule has 19 heteroatoms. The van der Waals surface area contributed by atoms with Crippen molar-refractivity contribution in [3.05, 3.63) is 0 Å². The number of carbonyl (C=O) groups is 4. The van der Waals surface area contributed by atoms with Crippen LogP contribution in [0, 0.1) is 5.92 Å². The molecular formula is C65H126O17P2. The minimum atomic E-state index is -4.94. The number of hydrogen-bond acceptors (Lipinski definition) is 15. The van der Waals surface area contributed by atoms with Crippen LogP contribution in [0.25, 0.3) is 0 Å². The van der Waals surface area contributed by atoms with Crippen LogP contribution < -0.4 is 0 Å². The number of phosphoric ester groups is 2. The molecule has 498 valence electrons. The molecule has 0 rings (SSSR count). The number of phosphoric acid groups is 2. The molecule has 0 aliphatic heterocycles. The summed E-state index contributed by atoms with van der Waals surface area (Å²) in [6, 6.07) is 0. The van der Waals surface area contributed by atoms with Crippen molar-refractivity contribution < 1.29 is 80.2 Å². The van der Waals surface area contributed by atoms with E-state index in [0.29, 0.717) is 25.7 Å². The highest BCUT2D eigenvalue weighted by molar-refractivity contribution is 7.47. The highest BCUT2D eigenvalue weighted by Crippen LogP contribution is 2.45. The molecule has 17 nitrogen and oxygen atoms in total. The molecule has 0 aromatic rings. The second-order valence-corrected chi connectivity index (χ2v) is 26.9. The lowest BCUT2D eigenvalue weighted by Crippen LogP contribution is -2.30. The lowest BCUT2D eigenvalue weighted by molar-refractivity contribution is -0.161. The molecule has 0 amide bonds. The number of rotatable bonds is 65. The lowest BCUT2D eigenvalue weighted by Gasteiger charge is -2.21. The molecule has 0 saturated carbocycles. The molecule has 0 aliphatic rings. The minimum Gasteiger partial charge on any atom is -0.462 e. The second kappa shape index (κ2) is 58.7. The number of ether oxygens (including phenoxy) is 4. The van der Waals surface area contributed by atoms with Crippen molar-refractivity contribution in [3.63, 3.8) is 0 Å². The fourth-order valence-electron chi connectivity index (χ4n) is 9.76. The van der Waals surface area contributed by atoms with Gasteiger partial charge < -0.3 is 33.8 Å². The van der Waals surface area contributed by atoms with Crippen molar-refractivity contribution in [2.75, 3.05) is 39.6 Å². The van der Waals surface area contributed by atoms with Crippen LogP contribution in [0.3, 0.4) is 0 Å². The summed E-state index contributed by atoms with van der Waals surface area (Å²) in [4.78, 5) is 71.8. The Morgan fingerprint density at radius 2 is 0.548 bits per heavy atom. The van der Waals surface area contributed by atoms with E-state index in [1.165, 1.54) is 135 Å². The molecule has 84 heavy (non-hydrogen) atoms. The number of carbonyl (C=O) groups excluding carboxylic acids is 4. The Labute approximate surface area is 511 Å². The summed E-state index contributed by atoms with van der Waals surface area (Å²) >= 11 is 0. The third-order valence-electron chi connectivity index (χ3n) is 15.0. The van der Waals surface area contributed by atoms with E-state index < -0.39 is 97.5 Å². The van der Waals surface area contributed by atoms with Gasteiger partial charge in [0.05, 0.1) is 26.4 Å². The quantitative estimate of drug-likeness (QED) is 0.0222. The van der Waals surface area contributed by atoms with Crippen molar-refractivity contribution in [1.29, 1.82) is 0 Å². The summed E-state index contributed by atoms with van der Waals surface area (Å²) in [7, 11) is -9.87. The summed E-state index contributed by atoms with van der Waals surface area (Å²) in [6.45, 7) is 7.05. The smallest absolute Gasteiger partial charge is 0.462 e. The van der Waals surface area contributed by atoms with Gasteiger partial charge in [-0.3, -0.25) is 37.3 Å².